The third-order valence-corrected chi connectivity index (χ3v) is 1.90. The summed E-state index contributed by atoms with van der Waals surface area (Å²) in [6.07, 6.45) is 0. The van der Waals surface area contributed by atoms with Crippen LogP contribution in [0.4, 0.5) is 51.8 Å². The molecule has 2 rings (SSSR count). The van der Waals surface area contributed by atoms with Crippen LogP contribution in [-0.2, 0) is 0 Å². The first kappa shape index (κ1) is 31.4. The summed E-state index contributed by atoms with van der Waals surface area (Å²) < 4.78 is 117. The van der Waals surface area contributed by atoms with Gasteiger partial charge in [0.25, 0.3) is 0 Å². The second-order valence-corrected chi connectivity index (χ2v) is 4.34. The van der Waals surface area contributed by atoms with E-state index < -0.39 is 21.8 Å². The van der Waals surface area contributed by atoms with E-state index in [1.807, 2.05) is 0 Å². The number of hydrogen-bond acceptors (Lipinski definition) is 0. The zero-order valence-electron chi connectivity index (χ0n) is 14.8. The van der Waals surface area contributed by atoms with Crippen LogP contribution in [0.2, 0.25) is 0 Å². The van der Waals surface area contributed by atoms with Gasteiger partial charge < -0.3 is 53.2 Å². The van der Waals surface area contributed by atoms with Crippen LogP contribution < -0.4 is 51.4 Å². The molecule has 2 aromatic carbocycles. The normalized spacial score (nSPS) is 10.9. The van der Waals surface area contributed by atoms with E-state index in [1.54, 1.807) is 0 Å². The van der Waals surface area contributed by atoms with Gasteiger partial charge in [0.1, 0.15) is 0 Å². The van der Waals surface area contributed by atoms with Gasteiger partial charge in [0.05, 0.1) is 0 Å². The van der Waals surface area contributed by atoms with E-state index in [2.05, 4.69) is 49.4 Å². The first-order chi connectivity index (χ1) is 11.4. The number of fused-ring (bicyclic) bond motifs is 1. The molecule has 0 nitrogen and oxygen atoms in total. The Morgan fingerprint density at radius 1 is 0.556 bits per heavy atom. The molecule has 0 aromatic heterocycles. The number of aryl methyl sites for hydroxylation is 1. The fourth-order valence-electron chi connectivity index (χ4n) is 1.31. The van der Waals surface area contributed by atoms with Crippen molar-refractivity contribution in [3.63, 3.8) is 0 Å². The average Bonchev–Trinajstić information content (AvgIpc) is 2.32. The molecule has 0 saturated carbocycles. The maximum absolute atomic E-state index is 9.75. The molecule has 0 amide bonds. The van der Waals surface area contributed by atoms with E-state index in [4.69, 9.17) is 0 Å². The van der Waals surface area contributed by atoms with Crippen LogP contribution >= 0.6 is 0 Å². The Labute approximate surface area is 190 Å². The maximum atomic E-state index is 9.75. The number of benzene rings is 2. The molecule has 27 heavy (non-hydrogen) atoms. The minimum Gasteiger partial charge on any atom is -1.00 e. The molecular weight excluding hydrogens is 432 g/mol. The summed E-state index contributed by atoms with van der Waals surface area (Å²) in [5.41, 5.74) is 1.32. The van der Waals surface area contributed by atoms with Crippen molar-refractivity contribution in [3.05, 3.63) is 48.0 Å². The average molecular weight is 443 g/mol. The molecule has 0 heterocycles. The minimum atomic E-state index is -6.00. The van der Waals surface area contributed by atoms with E-state index in [9.17, 15) is 51.8 Å². The first-order valence-electron chi connectivity index (χ1n) is 6.43. The Bertz CT molecular complexity index is 600. The Balaban J connectivity index is -0.000000147. The van der Waals surface area contributed by atoms with Gasteiger partial charge >= 0.3 is 73.1 Å². The van der Waals surface area contributed by atoms with Crippen LogP contribution in [0, 0.1) is 6.92 Å². The SMILES string of the molecule is Cc1ccc2ccccc2c1.F[B-](F)(F)F.F[B-](F)(F)F.F[B-](F)(F)F.[H-].[K+]. The molecule has 0 saturated heterocycles. The molecular formula is C11H11B3F12K-3. The van der Waals surface area contributed by atoms with Gasteiger partial charge in [0.2, 0.25) is 0 Å². The van der Waals surface area contributed by atoms with Gasteiger partial charge in [-0.05, 0) is 17.7 Å². The van der Waals surface area contributed by atoms with E-state index in [1.165, 1.54) is 16.3 Å². The van der Waals surface area contributed by atoms with Gasteiger partial charge in [-0.25, -0.2) is 0 Å². The van der Waals surface area contributed by atoms with Crippen molar-refractivity contribution >= 4 is 32.5 Å². The van der Waals surface area contributed by atoms with E-state index >= 15 is 0 Å². The van der Waals surface area contributed by atoms with Crippen LogP contribution in [0.1, 0.15) is 6.99 Å². The fourth-order valence-corrected chi connectivity index (χ4v) is 1.31. The molecule has 0 N–H and O–H groups in total. The molecule has 0 fully saturated rings. The Morgan fingerprint density at radius 2 is 0.852 bits per heavy atom. The Morgan fingerprint density at radius 3 is 1.19 bits per heavy atom. The molecule has 0 aliphatic heterocycles. The van der Waals surface area contributed by atoms with Gasteiger partial charge in [-0.2, -0.15) is 0 Å². The number of rotatable bonds is 0. The second kappa shape index (κ2) is 13.8. The van der Waals surface area contributed by atoms with Crippen molar-refractivity contribution in [1.82, 2.24) is 0 Å². The molecule has 152 valence electrons. The van der Waals surface area contributed by atoms with Crippen LogP contribution in [0.25, 0.3) is 10.8 Å². The summed E-state index contributed by atoms with van der Waals surface area (Å²) in [5, 5.41) is 2.64. The standard InChI is InChI=1S/C11H10.3BF4.K.H/c1-9-6-7-10-4-2-3-5-11(10)8-9;3*2-1(3,4)5;;/h2-8H,1H3;;;;;/q;3*-1;+1;-1. The summed E-state index contributed by atoms with van der Waals surface area (Å²) in [4.78, 5) is 0. The van der Waals surface area contributed by atoms with Gasteiger partial charge in [-0.15, -0.1) is 0 Å². The first-order valence-corrected chi connectivity index (χ1v) is 6.43. The monoisotopic (exact) mass is 443 g/mol. The van der Waals surface area contributed by atoms with E-state index in [0.717, 1.165) is 0 Å². The second-order valence-electron chi connectivity index (χ2n) is 4.34. The summed E-state index contributed by atoms with van der Waals surface area (Å²) in [5.74, 6) is 0. The van der Waals surface area contributed by atoms with Crippen LogP contribution in [0.15, 0.2) is 42.5 Å². The van der Waals surface area contributed by atoms with Gasteiger partial charge in [0, 0.05) is 0 Å². The molecule has 0 aliphatic carbocycles. The fraction of sp³-hybridized carbons (Fsp3) is 0.0909. The van der Waals surface area contributed by atoms with Crippen molar-refractivity contribution in [3.8, 4) is 0 Å². The largest absolute Gasteiger partial charge is 1.00 e. The third-order valence-electron chi connectivity index (χ3n) is 1.90. The molecule has 0 radical (unpaired) electrons. The molecule has 0 unspecified atom stereocenters. The Kier molecular flexibility index (Phi) is 16.0. The molecule has 0 aliphatic rings. The molecule has 0 spiro atoms. The third kappa shape index (κ3) is 37.2. The number of hydrogen-bond donors (Lipinski definition) is 0. The zero-order chi connectivity index (χ0) is 21.2. The summed E-state index contributed by atoms with van der Waals surface area (Å²) >= 11 is 0. The van der Waals surface area contributed by atoms with E-state index in [-0.39, 0.29) is 52.8 Å². The predicted octanol–water partition coefficient (Wildman–Crippen LogP) is 4.16. The molecule has 16 heteroatoms. The van der Waals surface area contributed by atoms with Crippen molar-refractivity contribution in [2.24, 2.45) is 0 Å². The molecule has 0 bridgehead atoms. The van der Waals surface area contributed by atoms with E-state index in [0.29, 0.717) is 0 Å². The maximum Gasteiger partial charge on any atom is 1.00 e. The van der Waals surface area contributed by atoms with Crippen molar-refractivity contribution < 1.29 is 105 Å². The summed E-state index contributed by atoms with van der Waals surface area (Å²) in [6, 6.07) is 14.9. The minimum absolute atomic E-state index is 0. The van der Waals surface area contributed by atoms with Crippen molar-refractivity contribution in [1.29, 1.82) is 0 Å². The van der Waals surface area contributed by atoms with Gasteiger partial charge in [-0.1, -0.05) is 48.0 Å². The van der Waals surface area contributed by atoms with Crippen LogP contribution in [0.5, 0.6) is 0 Å². The quantitative estimate of drug-likeness (QED) is 0.424. The predicted molar refractivity (Wildman–Crippen MR) is 80.4 cm³/mol. The van der Waals surface area contributed by atoms with Crippen molar-refractivity contribution in [2.45, 2.75) is 6.92 Å². The molecule has 2 aromatic rings. The van der Waals surface area contributed by atoms with Gasteiger partial charge in [-0.3, -0.25) is 0 Å². The topological polar surface area (TPSA) is 0 Å². The van der Waals surface area contributed by atoms with Crippen molar-refractivity contribution in [2.75, 3.05) is 0 Å². The molecule has 0 atom stereocenters. The van der Waals surface area contributed by atoms with Crippen LogP contribution in [-0.4, -0.2) is 21.8 Å². The Hall–Kier alpha value is -0.309. The number of halogens is 12. The van der Waals surface area contributed by atoms with Crippen LogP contribution in [0.3, 0.4) is 0 Å². The summed E-state index contributed by atoms with van der Waals surface area (Å²) in [7, 11) is -18.0. The smallest absolute Gasteiger partial charge is 1.00 e. The zero-order valence-corrected chi connectivity index (χ0v) is 16.9. The van der Waals surface area contributed by atoms with Gasteiger partial charge in [0.15, 0.2) is 0 Å². The summed E-state index contributed by atoms with van der Waals surface area (Å²) in [6.45, 7) is 2.12.